The number of rotatable bonds is 14. The number of likely N-dealkylation sites (tertiary alicyclic amines) is 1. The Morgan fingerprint density at radius 3 is 1.46 bits per heavy atom. The number of nitrogens with one attached hydrogen (secondary N) is 1. The van der Waals surface area contributed by atoms with Crippen LogP contribution in [0.3, 0.4) is 0 Å². The lowest BCUT2D eigenvalue weighted by Gasteiger charge is -2.29. The highest BCUT2D eigenvalue weighted by Gasteiger charge is 2.37. The number of methoxy groups -OCH3 is 1. The van der Waals surface area contributed by atoms with Crippen LogP contribution in [0.25, 0.3) is 5.57 Å². The second-order valence-corrected chi connectivity index (χ2v) is 26.9. The number of halogens is 18. The van der Waals surface area contributed by atoms with Gasteiger partial charge in [0, 0.05) is 93.7 Å². The molecule has 3 saturated heterocycles. The molecule has 30 heteroatoms. The predicted octanol–water partition coefficient (Wildman–Crippen LogP) is 20.0. The van der Waals surface area contributed by atoms with E-state index in [-0.39, 0.29) is 23.0 Å². The first-order chi connectivity index (χ1) is 49.0. The molecule has 0 aliphatic carbocycles. The van der Waals surface area contributed by atoms with E-state index in [1.807, 2.05) is 74.4 Å². The number of hydrogen-bond donors (Lipinski definition) is 1. The Balaban J connectivity index is 0.000000229. The first-order valence-corrected chi connectivity index (χ1v) is 34.0. The van der Waals surface area contributed by atoms with Crippen LogP contribution in [0.5, 0.6) is 28.7 Å². The van der Waals surface area contributed by atoms with E-state index in [2.05, 4.69) is 52.8 Å². The summed E-state index contributed by atoms with van der Waals surface area (Å²) in [6, 6.07) is 26.0. The van der Waals surface area contributed by atoms with Crippen LogP contribution in [0.1, 0.15) is 101 Å². The van der Waals surface area contributed by atoms with Crippen LogP contribution in [0, 0.1) is 54.4 Å². The van der Waals surface area contributed by atoms with E-state index in [1.54, 1.807) is 48.5 Å². The Hall–Kier alpha value is -7.96. The lowest BCUT2D eigenvalue weighted by atomic mass is 9.93. The van der Waals surface area contributed by atoms with Gasteiger partial charge in [-0.05, 0) is 244 Å². The van der Waals surface area contributed by atoms with Crippen LogP contribution in [-0.4, -0.2) is 148 Å². The monoisotopic (exact) mass is 1530 g/mol. The molecule has 10 rings (SSSR count). The largest absolute Gasteiger partial charge is 0.573 e. The lowest BCUT2D eigenvalue weighted by Crippen LogP contribution is -2.36. The molecule has 0 radical (unpaired) electrons. The molecule has 0 amide bonds. The molecule has 106 heavy (non-hydrogen) atoms. The highest BCUT2D eigenvalue weighted by Crippen LogP contribution is 2.38. The van der Waals surface area contributed by atoms with Crippen LogP contribution in [0.2, 0.25) is 0 Å². The molecular formula is C76H94F18N6O6. The summed E-state index contributed by atoms with van der Waals surface area (Å²) >= 11 is 0. The van der Waals surface area contributed by atoms with Gasteiger partial charge in [-0.2, -0.15) is 26.3 Å². The van der Waals surface area contributed by atoms with E-state index < -0.39 is 48.9 Å². The maximum atomic E-state index is 12.8. The third kappa shape index (κ3) is 31.5. The number of alkyl halides is 18. The van der Waals surface area contributed by atoms with Crippen molar-refractivity contribution in [3.63, 3.8) is 0 Å². The highest BCUT2D eigenvalue weighted by atomic mass is 19.4. The zero-order chi connectivity index (χ0) is 79.5. The average molecular weight is 1530 g/mol. The van der Waals surface area contributed by atoms with Gasteiger partial charge in [0.25, 0.3) is 0 Å². The van der Waals surface area contributed by atoms with E-state index >= 15 is 0 Å². The van der Waals surface area contributed by atoms with Gasteiger partial charge in [0.1, 0.15) is 28.7 Å². The van der Waals surface area contributed by atoms with E-state index in [0.29, 0.717) is 73.2 Å². The maximum Gasteiger partial charge on any atom is 0.573 e. The van der Waals surface area contributed by atoms with Crippen molar-refractivity contribution in [2.75, 3.05) is 116 Å². The zero-order valence-corrected chi connectivity index (χ0v) is 61.7. The number of aryl methyl sites for hydroxylation is 7. The molecule has 4 aliphatic heterocycles. The Bertz CT molecular complexity index is 3770. The first kappa shape index (κ1) is 88.7. The Labute approximate surface area is 608 Å². The van der Waals surface area contributed by atoms with Crippen LogP contribution in [0.15, 0.2) is 109 Å². The number of hydrogen-bond acceptors (Lipinski definition) is 12. The minimum Gasteiger partial charge on any atom is -0.496 e. The predicted molar refractivity (Wildman–Crippen MR) is 375 cm³/mol. The summed E-state index contributed by atoms with van der Waals surface area (Å²) in [6.07, 6.45) is -20.7. The summed E-state index contributed by atoms with van der Waals surface area (Å²) in [5, 5.41) is 3.16. The molecule has 590 valence electrons. The van der Waals surface area contributed by atoms with Crippen LogP contribution in [0.4, 0.5) is 96.1 Å². The number of anilines is 3. The summed E-state index contributed by atoms with van der Waals surface area (Å²) in [5.74, 6) is 0.324. The summed E-state index contributed by atoms with van der Waals surface area (Å²) < 4.78 is 248. The van der Waals surface area contributed by atoms with Crippen LogP contribution < -0.4 is 43.7 Å². The Morgan fingerprint density at radius 1 is 0.528 bits per heavy atom. The third-order valence-electron chi connectivity index (χ3n) is 17.2. The van der Waals surface area contributed by atoms with E-state index in [9.17, 15) is 79.0 Å². The van der Waals surface area contributed by atoms with Crippen LogP contribution in [-0.2, 0) is 23.5 Å². The molecule has 0 aromatic heterocycles. The molecule has 6 aromatic carbocycles. The fourth-order valence-corrected chi connectivity index (χ4v) is 12.0. The highest BCUT2D eigenvalue weighted by molar-refractivity contribution is 5.68. The standard InChI is InChI=1S/2C14H19F3N2O.C14H19F3.C13H14F3NO.C12H14F3NO2.C9H9F3O/c1-10-6-12(8-13(7-10)20-14(15,16)17)19(3)11-4-5-18(2)9-11;1-10-6-12(8-13(7-10)20-14(15,16)17)19-5-4-11(9-19)18(2)3;1-9(2)5-6-12-7-10(3)8-13(11(12)4)14(15,16)17;1-9-6-11(10-2-4-17-5-3-10)8-12(7-9)18-13(14,15)16;1-9-6-10(16-2-4-17-5-3-16)8-11(7-9)18-12(13,14)15;1-6-5-7(9(10,11)12)3-4-8(6)13-2/h2*6-8,11H,4-5,9H2,1-3H3;7-9H,5-6H2,1-4H3;2,6-8,17H,3-5H2,1H3;6-8H,2-5H2,1H3;3-5H,1-2H3. The van der Waals surface area contributed by atoms with Gasteiger partial charge in [-0.15, -0.1) is 52.7 Å². The molecular weight excluding hydrogens is 1430 g/mol. The van der Waals surface area contributed by atoms with Gasteiger partial charge in [-0.25, -0.2) is 0 Å². The van der Waals surface area contributed by atoms with Crippen molar-refractivity contribution in [2.24, 2.45) is 5.92 Å². The molecule has 6 aromatic rings. The van der Waals surface area contributed by atoms with Gasteiger partial charge in [0.15, 0.2) is 0 Å². The molecule has 0 bridgehead atoms. The minimum absolute atomic E-state index is 0.152. The van der Waals surface area contributed by atoms with Gasteiger partial charge >= 0.3 is 37.8 Å². The Kier molecular flexibility index (Phi) is 32.4. The Morgan fingerprint density at radius 2 is 1.02 bits per heavy atom. The second kappa shape index (κ2) is 38.7. The van der Waals surface area contributed by atoms with Gasteiger partial charge in [0.05, 0.1) is 31.5 Å². The van der Waals surface area contributed by atoms with Crippen LogP contribution >= 0.6 is 0 Å². The maximum absolute atomic E-state index is 12.8. The minimum atomic E-state index is -4.66. The fourth-order valence-electron chi connectivity index (χ4n) is 12.0. The summed E-state index contributed by atoms with van der Waals surface area (Å²) in [4.78, 5) is 10.5. The van der Waals surface area contributed by atoms with Gasteiger partial charge in [0.2, 0.25) is 0 Å². The van der Waals surface area contributed by atoms with Crippen molar-refractivity contribution in [1.82, 2.24) is 15.1 Å². The van der Waals surface area contributed by atoms with Crippen molar-refractivity contribution in [3.8, 4) is 28.7 Å². The molecule has 0 spiro atoms. The summed E-state index contributed by atoms with van der Waals surface area (Å²) in [5.41, 5.74) is 8.37. The molecule has 2 atom stereocenters. The van der Waals surface area contributed by atoms with Crippen molar-refractivity contribution < 1.29 is 107 Å². The quantitative estimate of drug-likeness (QED) is 0.105. The van der Waals surface area contributed by atoms with E-state index in [1.165, 1.54) is 67.8 Å². The number of nitrogens with zero attached hydrogens (tertiary/aromatic N) is 5. The zero-order valence-electron chi connectivity index (χ0n) is 61.7. The number of morpholine rings is 1. The van der Waals surface area contributed by atoms with E-state index in [4.69, 9.17) is 9.47 Å². The normalized spacial score (nSPS) is 16.5. The van der Waals surface area contributed by atoms with Crippen molar-refractivity contribution in [1.29, 1.82) is 0 Å². The number of likely N-dealkylation sites (N-methyl/N-ethyl adjacent to an activating group) is 3. The number of ether oxygens (including phenoxy) is 6. The molecule has 2 unspecified atom stereocenters. The lowest BCUT2D eigenvalue weighted by molar-refractivity contribution is -0.275. The average Bonchev–Trinajstić information content (AvgIpc) is 0.790. The van der Waals surface area contributed by atoms with Gasteiger partial charge in [-0.1, -0.05) is 37.6 Å². The summed E-state index contributed by atoms with van der Waals surface area (Å²) in [7, 11) is 9.42. The van der Waals surface area contributed by atoms with Gasteiger partial charge < -0.3 is 58.2 Å². The third-order valence-corrected chi connectivity index (χ3v) is 17.2. The first-order valence-electron chi connectivity index (χ1n) is 34.0. The van der Waals surface area contributed by atoms with Crippen molar-refractivity contribution >= 4 is 22.6 Å². The molecule has 12 nitrogen and oxygen atoms in total. The molecule has 4 heterocycles. The molecule has 4 aliphatic rings. The summed E-state index contributed by atoms with van der Waals surface area (Å²) in [6.45, 7) is 23.8. The number of benzene rings is 6. The fraction of sp³-hybridized carbons (Fsp3) is 0.500. The second-order valence-electron chi connectivity index (χ2n) is 26.9. The van der Waals surface area contributed by atoms with E-state index in [0.717, 1.165) is 133 Å². The smallest absolute Gasteiger partial charge is 0.496 e. The van der Waals surface area contributed by atoms with Gasteiger partial charge in [-0.3, -0.25) is 0 Å². The molecule has 0 saturated carbocycles. The molecule has 1 N–H and O–H groups in total. The molecule has 3 fully saturated rings. The SMILES string of the molecule is COc1ccc(C(F)(F)F)cc1C.Cc1cc(CCC(C)C)c(C)c(C(F)(F)F)c1.Cc1cc(OC(F)(F)F)cc(C2=CCNCC2)c1.Cc1cc(OC(F)(F)F)cc(N(C)C2CCN(C)C2)c1.Cc1cc(OC(F)(F)F)cc(N2CCC(N(C)C)C2)c1.Cc1cc(OC(F)(F)F)cc(N2CCOCC2)c1. The topological polar surface area (TPSA) is 83.6 Å². The van der Waals surface area contributed by atoms with Crippen molar-refractivity contribution in [2.45, 2.75) is 144 Å². The van der Waals surface area contributed by atoms with Crippen molar-refractivity contribution in [3.05, 3.63) is 170 Å².